The van der Waals surface area contributed by atoms with E-state index in [2.05, 4.69) is 44.0 Å². The number of pyridine rings is 1. The molecule has 32 heavy (non-hydrogen) atoms. The van der Waals surface area contributed by atoms with Crippen LogP contribution in [0.25, 0.3) is 32.9 Å². The highest BCUT2D eigenvalue weighted by molar-refractivity contribution is 7.17. The molecule has 2 N–H and O–H groups in total. The number of halogens is 3. The Morgan fingerprint density at radius 2 is 2.06 bits per heavy atom. The number of benzene rings is 1. The van der Waals surface area contributed by atoms with Gasteiger partial charge in [0.2, 0.25) is 5.82 Å². The fourth-order valence-corrected chi connectivity index (χ4v) is 4.18. The first-order valence-corrected chi connectivity index (χ1v) is 10.4. The minimum atomic E-state index is -5.08. The van der Waals surface area contributed by atoms with E-state index in [4.69, 9.17) is 14.4 Å². The van der Waals surface area contributed by atoms with Crippen LogP contribution in [0.4, 0.5) is 13.2 Å². The van der Waals surface area contributed by atoms with E-state index in [1.807, 2.05) is 19.2 Å². The summed E-state index contributed by atoms with van der Waals surface area (Å²) in [6.45, 7) is 3.81. The van der Waals surface area contributed by atoms with Gasteiger partial charge < -0.3 is 14.9 Å². The maximum absolute atomic E-state index is 10.6. The Morgan fingerprint density at radius 1 is 1.28 bits per heavy atom. The first-order chi connectivity index (χ1) is 15.2. The molecule has 0 unspecified atom stereocenters. The number of hydrogen-bond donors (Lipinski definition) is 2. The summed E-state index contributed by atoms with van der Waals surface area (Å²) >= 11 is 1.73. The summed E-state index contributed by atoms with van der Waals surface area (Å²) in [7, 11) is 0. The number of hydrogen-bond acceptors (Lipinski definition) is 7. The number of nitrogens with one attached hydrogen (secondary N) is 1. The van der Waals surface area contributed by atoms with Crippen molar-refractivity contribution in [3.63, 3.8) is 0 Å². The lowest BCUT2D eigenvalue weighted by molar-refractivity contribution is -0.192. The maximum atomic E-state index is 10.6. The number of alkyl halides is 3. The number of thiophene rings is 1. The highest BCUT2D eigenvalue weighted by atomic mass is 32.1. The zero-order chi connectivity index (χ0) is 22.9. The first kappa shape index (κ1) is 21.9. The van der Waals surface area contributed by atoms with E-state index in [-0.39, 0.29) is 0 Å². The van der Waals surface area contributed by atoms with Crippen molar-refractivity contribution in [3.05, 3.63) is 52.7 Å². The van der Waals surface area contributed by atoms with E-state index < -0.39 is 12.1 Å². The maximum Gasteiger partial charge on any atom is 0.490 e. The Hall–Kier alpha value is -3.31. The second kappa shape index (κ2) is 8.67. The van der Waals surface area contributed by atoms with Gasteiger partial charge in [0.05, 0.1) is 0 Å². The van der Waals surface area contributed by atoms with Crippen LogP contribution < -0.4 is 5.32 Å². The first-order valence-electron chi connectivity index (χ1n) is 9.54. The quantitative estimate of drug-likeness (QED) is 0.449. The predicted octanol–water partition coefficient (Wildman–Crippen LogP) is 4.60. The Kier molecular flexibility index (Phi) is 5.94. The molecule has 0 saturated heterocycles. The number of rotatable bonds is 2. The molecule has 11 heteroatoms. The Morgan fingerprint density at radius 3 is 2.81 bits per heavy atom. The van der Waals surface area contributed by atoms with Gasteiger partial charge >= 0.3 is 12.1 Å². The molecule has 0 saturated carbocycles. The zero-order valence-corrected chi connectivity index (χ0v) is 17.5. The topological polar surface area (TPSA) is 101 Å². The molecule has 166 valence electrons. The molecule has 0 atom stereocenters. The average molecular weight is 462 g/mol. The lowest BCUT2D eigenvalue weighted by Crippen LogP contribution is -2.24. The molecule has 3 aromatic heterocycles. The summed E-state index contributed by atoms with van der Waals surface area (Å²) in [5.74, 6) is -1.58. The molecular formula is C21H17F3N4O3S. The molecular weight excluding hydrogens is 445 g/mol. The van der Waals surface area contributed by atoms with Crippen molar-refractivity contribution >= 4 is 27.4 Å². The van der Waals surface area contributed by atoms with Crippen molar-refractivity contribution in [3.8, 4) is 22.8 Å². The van der Waals surface area contributed by atoms with Gasteiger partial charge in [0.1, 0.15) is 0 Å². The van der Waals surface area contributed by atoms with Crippen LogP contribution in [0.15, 0.2) is 40.4 Å². The molecule has 0 spiro atoms. The molecule has 4 heterocycles. The van der Waals surface area contributed by atoms with E-state index >= 15 is 0 Å². The van der Waals surface area contributed by atoms with E-state index in [0.717, 1.165) is 36.3 Å². The van der Waals surface area contributed by atoms with Crippen LogP contribution in [-0.4, -0.2) is 38.9 Å². The van der Waals surface area contributed by atoms with Crippen LogP contribution >= 0.6 is 11.3 Å². The fourth-order valence-electron chi connectivity index (χ4n) is 3.41. The van der Waals surface area contributed by atoms with Gasteiger partial charge in [-0.2, -0.15) is 18.2 Å². The number of fused-ring (bicyclic) bond motifs is 2. The fraction of sp³-hybridized carbons (Fsp3) is 0.238. The zero-order valence-electron chi connectivity index (χ0n) is 16.7. The molecule has 1 aliphatic rings. The highest BCUT2D eigenvalue weighted by Gasteiger charge is 2.38. The highest BCUT2D eigenvalue weighted by Crippen LogP contribution is 2.31. The second-order valence-corrected chi connectivity index (χ2v) is 8.00. The minimum absolute atomic E-state index is 0.550. The van der Waals surface area contributed by atoms with Crippen LogP contribution in [0.2, 0.25) is 0 Å². The second-order valence-electron chi connectivity index (χ2n) is 7.05. The van der Waals surface area contributed by atoms with Crippen molar-refractivity contribution in [2.24, 2.45) is 0 Å². The van der Waals surface area contributed by atoms with E-state index in [0.29, 0.717) is 11.7 Å². The van der Waals surface area contributed by atoms with Gasteiger partial charge in [0.15, 0.2) is 0 Å². The monoisotopic (exact) mass is 462 g/mol. The summed E-state index contributed by atoms with van der Waals surface area (Å²) in [6.07, 6.45) is -2.18. The molecule has 4 aromatic rings. The van der Waals surface area contributed by atoms with Crippen LogP contribution in [0.3, 0.4) is 0 Å². The normalized spacial score (nSPS) is 13.4. The van der Waals surface area contributed by atoms with Crippen molar-refractivity contribution in [1.29, 1.82) is 0 Å². The average Bonchev–Trinajstić information content (AvgIpc) is 3.42. The van der Waals surface area contributed by atoms with Gasteiger partial charge in [-0.15, -0.1) is 11.3 Å². The third-order valence-corrected chi connectivity index (χ3v) is 5.82. The number of carbonyl (C=O) groups is 1. The van der Waals surface area contributed by atoms with Crippen molar-refractivity contribution in [2.75, 3.05) is 6.54 Å². The van der Waals surface area contributed by atoms with Gasteiger partial charge in [-0.25, -0.2) is 4.79 Å². The smallest absolute Gasteiger partial charge is 0.475 e. The van der Waals surface area contributed by atoms with E-state index in [1.54, 1.807) is 11.3 Å². The van der Waals surface area contributed by atoms with Gasteiger partial charge in [-0.1, -0.05) is 5.16 Å². The number of nitrogens with zero attached hydrogens (tertiary/aromatic N) is 3. The summed E-state index contributed by atoms with van der Waals surface area (Å²) in [5.41, 5.74) is 5.42. The lowest BCUT2D eigenvalue weighted by atomic mass is 9.95. The van der Waals surface area contributed by atoms with Crippen LogP contribution in [0, 0.1) is 6.92 Å². The van der Waals surface area contributed by atoms with Gasteiger partial charge in [-0.05, 0) is 66.0 Å². The number of carboxylic acid groups (broad SMARTS) is 1. The molecule has 0 fully saturated rings. The van der Waals surface area contributed by atoms with Crippen LogP contribution in [0.5, 0.6) is 0 Å². The molecule has 0 radical (unpaired) electrons. The van der Waals surface area contributed by atoms with Gasteiger partial charge in [-0.3, -0.25) is 4.98 Å². The minimum Gasteiger partial charge on any atom is -0.475 e. The number of aryl methyl sites for hydroxylation is 1. The third-order valence-electron chi connectivity index (χ3n) is 4.92. The molecule has 5 rings (SSSR count). The summed E-state index contributed by atoms with van der Waals surface area (Å²) < 4.78 is 38.6. The number of aromatic nitrogens is 3. The van der Waals surface area contributed by atoms with Gasteiger partial charge in [0.25, 0.3) is 5.89 Å². The molecule has 0 amide bonds. The molecule has 1 aromatic carbocycles. The number of carboxylic acids is 1. The van der Waals surface area contributed by atoms with E-state index in [1.165, 1.54) is 21.2 Å². The number of aliphatic carboxylic acids is 1. The van der Waals surface area contributed by atoms with E-state index in [9.17, 15) is 13.2 Å². The van der Waals surface area contributed by atoms with Crippen LogP contribution in [-0.2, 0) is 17.8 Å². The van der Waals surface area contributed by atoms with Crippen LogP contribution in [0.1, 0.15) is 16.8 Å². The molecule has 7 nitrogen and oxygen atoms in total. The molecule has 0 aliphatic carbocycles. The summed E-state index contributed by atoms with van der Waals surface area (Å²) in [4.78, 5) is 18.1. The van der Waals surface area contributed by atoms with Crippen molar-refractivity contribution in [2.45, 2.75) is 26.1 Å². The largest absolute Gasteiger partial charge is 0.490 e. The Balaban J connectivity index is 0.000000307. The van der Waals surface area contributed by atoms with Gasteiger partial charge in [0, 0.05) is 34.3 Å². The summed E-state index contributed by atoms with van der Waals surface area (Å²) in [6, 6.07) is 8.34. The SMILES string of the molecule is Cc1ncc2c(c1-c1noc(-c3ccc4sccc4c3)n1)CCNC2.O=C(O)C(F)(F)F. The predicted molar refractivity (Wildman–Crippen MR) is 112 cm³/mol. The van der Waals surface area contributed by atoms with Crippen molar-refractivity contribution in [1.82, 2.24) is 20.4 Å². The lowest BCUT2D eigenvalue weighted by Gasteiger charge is -2.19. The Bertz CT molecular complexity index is 1280. The molecule has 1 aliphatic heterocycles. The Labute approximate surface area is 183 Å². The molecule has 0 bridgehead atoms. The third kappa shape index (κ3) is 4.48. The summed E-state index contributed by atoms with van der Waals surface area (Å²) in [5, 5.41) is 18.0. The van der Waals surface area contributed by atoms with Crippen molar-refractivity contribution < 1.29 is 27.6 Å². The standard InChI is InChI=1S/C19H16N4OS.C2HF3O2/c1-11-17(15-4-6-20-9-14(15)10-21-11)18-22-19(24-23-18)13-2-3-16-12(8-13)5-7-25-16;3-2(4,5)1(6)7/h2-3,5,7-8,10,20H,4,6,9H2,1H3;(H,6,7).